The van der Waals surface area contributed by atoms with Crippen LogP contribution in [0.1, 0.15) is 19.5 Å². The van der Waals surface area contributed by atoms with Crippen LogP contribution in [0.2, 0.25) is 0 Å². The molecule has 0 saturated heterocycles. The molecular weight excluding hydrogens is 384 g/mol. The second kappa shape index (κ2) is 7.64. The monoisotopic (exact) mass is 403 g/mol. The Labute approximate surface area is 172 Å². The van der Waals surface area contributed by atoms with E-state index in [1.54, 1.807) is 30.7 Å². The Bertz CT molecular complexity index is 1250. The molecule has 0 aliphatic heterocycles. The Balaban J connectivity index is 1.79. The molecule has 0 fully saturated rings. The Morgan fingerprint density at radius 2 is 1.97 bits per heavy atom. The lowest BCUT2D eigenvalue weighted by molar-refractivity contribution is -0.0622. The molecule has 0 atom stereocenters. The zero-order valence-electron chi connectivity index (χ0n) is 16.5. The number of nitriles is 1. The highest BCUT2D eigenvalue weighted by atomic mass is 19.3. The zero-order valence-corrected chi connectivity index (χ0v) is 16.5. The third-order valence-electron chi connectivity index (χ3n) is 5.05. The average molecular weight is 403 g/mol. The predicted molar refractivity (Wildman–Crippen MR) is 111 cm³/mol. The van der Waals surface area contributed by atoms with Crippen LogP contribution in [0.15, 0.2) is 61.1 Å². The van der Waals surface area contributed by atoms with Gasteiger partial charge in [-0.15, -0.1) is 0 Å². The normalized spacial score (nSPS) is 11.7. The first-order chi connectivity index (χ1) is 14.4. The summed E-state index contributed by atoms with van der Waals surface area (Å²) < 4.78 is 29.5. The number of hydrogen-bond donors (Lipinski definition) is 0. The fourth-order valence-corrected chi connectivity index (χ4v) is 3.18. The van der Waals surface area contributed by atoms with Crippen molar-refractivity contribution >= 4 is 10.9 Å². The lowest BCUT2D eigenvalue weighted by atomic mass is 10.00. The summed E-state index contributed by atoms with van der Waals surface area (Å²) in [5.41, 5.74) is 3.81. The summed E-state index contributed by atoms with van der Waals surface area (Å²) in [7, 11) is 0. The molecule has 0 amide bonds. The number of nitrogens with zero attached hydrogens (tertiary/aromatic N) is 5. The van der Waals surface area contributed by atoms with E-state index in [1.165, 1.54) is 18.5 Å². The van der Waals surface area contributed by atoms with Gasteiger partial charge in [0.05, 0.1) is 17.4 Å². The van der Waals surface area contributed by atoms with Crippen molar-refractivity contribution < 1.29 is 8.78 Å². The van der Waals surface area contributed by atoms with Gasteiger partial charge in [0.15, 0.2) is 0 Å². The number of halogens is 2. The number of hydrogen-bond acceptors (Lipinski definition) is 4. The fraction of sp³-hybridized carbons (Fsp3) is 0.217. The zero-order chi connectivity index (χ0) is 21.3. The minimum absolute atomic E-state index is 0.272. The molecule has 0 radical (unpaired) electrons. The summed E-state index contributed by atoms with van der Waals surface area (Å²) in [4.78, 5) is 8.86. The van der Waals surface area contributed by atoms with Crippen molar-refractivity contribution in [2.75, 3.05) is 0 Å². The third-order valence-corrected chi connectivity index (χ3v) is 5.05. The molecule has 0 spiro atoms. The molecule has 0 bridgehead atoms. The number of pyridine rings is 2. The van der Waals surface area contributed by atoms with Gasteiger partial charge in [0.2, 0.25) is 0 Å². The molecule has 7 heteroatoms. The van der Waals surface area contributed by atoms with E-state index in [9.17, 15) is 14.0 Å². The second-order valence-electron chi connectivity index (χ2n) is 7.46. The van der Waals surface area contributed by atoms with Crippen molar-refractivity contribution in [1.29, 1.82) is 5.26 Å². The van der Waals surface area contributed by atoms with Crippen LogP contribution in [0, 0.1) is 17.2 Å². The smallest absolute Gasteiger partial charge is 0.266 e. The Morgan fingerprint density at radius 1 is 1.13 bits per heavy atom. The maximum Gasteiger partial charge on any atom is 0.269 e. The number of aromatic nitrogens is 4. The molecule has 5 nitrogen and oxygen atoms in total. The van der Waals surface area contributed by atoms with Crippen molar-refractivity contribution in [3.8, 4) is 28.5 Å². The number of fused-ring (bicyclic) bond motifs is 1. The van der Waals surface area contributed by atoms with E-state index in [4.69, 9.17) is 0 Å². The molecule has 4 aromatic rings. The SMILES string of the molecule is CC(C)C(F)(F)Cn1cc(-c2ccc(C#N)nc2-c2ccc3cccnc3c2)cn1. The van der Waals surface area contributed by atoms with Gasteiger partial charge in [-0.05, 0) is 24.3 Å². The number of benzene rings is 1. The highest BCUT2D eigenvalue weighted by Crippen LogP contribution is 2.33. The van der Waals surface area contributed by atoms with Crippen LogP contribution in [0.25, 0.3) is 33.3 Å². The summed E-state index contributed by atoms with van der Waals surface area (Å²) in [5, 5.41) is 14.4. The van der Waals surface area contributed by atoms with Gasteiger partial charge in [-0.3, -0.25) is 9.67 Å². The van der Waals surface area contributed by atoms with Gasteiger partial charge in [-0.2, -0.15) is 10.4 Å². The van der Waals surface area contributed by atoms with E-state index in [0.717, 1.165) is 16.5 Å². The standard InChI is InChI=1S/C23H19F2N5/c1-15(2)23(24,25)14-30-13-18(12-28-30)20-8-7-19(11-26)29-22(20)17-6-5-16-4-3-9-27-21(16)10-17/h3-10,12-13,15H,14H2,1-2H3. The van der Waals surface area contributed by atoms with E-state index in [1.807, 2.05) is 30.3 Å². The van der Waals surface area contributed by atoms with E-state index in [0.29, 0.717) is 16.8 Å². The van der Waals surface area contributed by atoms with Crippen LogP contribution in [0.4, 0.5) is 8.78 Å². The molecule has 30 heavy (non-hydrogen) atoms. The van der Waals surface area contributed by atoms with Crippen LogP contribution in [0.3, 0.4) is 0 Å². The topological polar surface area (TPSA) is 67.4 Å². The molecule has 0 aliphatic carbocycles. The average Bonchev–Trinajstić information content (AvgIpc) is 3.20. The van der Waals surface area contributed by atoms with Crippen LogP contribution in [-0.2, 0) is 6.54 Å². The van der Waals surface area contributed by atoms with Crippen molar-refractivity contribution in [2.45, 2.75) is 26.3 Å². The molecule has 0 N–H and O–H groups in total. The first-order valence-corrected chi connectivity index (χ1v) is 9.54. The van der Waals surface area contributed by atoms with Gasteiger partial charge in [0.25, 0.3) is 5.92 Å². The van der Waals surface area contributed by atoms with Crippen molar-refractivity contribution in [3.05, 3.63) is 66.7 Å². The molecule has 0 unspecified atom stereocenters. The Kier molecular flexibility index (Phi) is 5.00. The molecular formula is C23H19F2N5. The van der Waals surface area contributed by atoms with Crippen molar-refractivity contribution in [2.24, 2.45) is 5.92 Å². The minimum atomic E-state index is -2.86. The van der Waals surface area contributed by atoms with Crippen LogP contribution >= 0.6 is 0 Å². The minimum Gasteiger partial charge on any atom is -0.266 e. The second-order valence-corrected chi connectivity index (χ2v) is 7.46. The van der Waals surface area contributed by atoms with Gasteiger partial charge < -0.3 is 0 Å². The molecule has 3 heterocycles. The van der Waals surface area contributed by atoms with E-state index in [-0.39, 0.29) is 5.69 Å². The lowest BCUT2D eigenvalue weighted by Crippen LogP contribution is -2.30. The fourth-order valence-electron chi connectivity index (χ4n) is 3.18. The summed E-state index contributed by atoms with van der Waals surface area (Å²) in [6, 6.07) is 15.0. The van der Waals surface area contributed by atoms with Gasteiger partial charge in [-0.1, -0.05) is 32.0 Å². The predicted octanol–water partition coefficient (Wildman–Crippen LogP) is 5.32. The summed E-state index contributed by atoms with van der Waals surface area (Å²) in [6.07, 6.45) is 4.84. The largest absolute Gasteiger partial charge is 0.269 e. The summed E-state index contributed by atoms with van der Waals surface area (Å²) in [5.74, 6) is -3.65. The van der Waals surface area contributed by atoms with E-state index >= 15 is 0 Å². The lowest BCUT2D eigenvalue weighted by Gasteiger charge is -2.19. The van der Waals surface area contributed by atoms with Gasteiger partial charge in [0, 0.05) is 40.4 Å². The third kappa shape index (κ3) is 3.77. The first kappa shape index (κ1) is 19.6. The van der Waals surface area contributed by atoms with Crippen LogP contribution in [0.5, 0.6) is 0 Å². The van der Waals surface area contributed by atoms with Crippen molar-refractivity contribution in [3.63, 3.8) is 0 Å². The molecule has 1 aromatic carbocycles. The molecule has 150 valence electrons. The molecule has 4 rings (SSSR count). The first-order valence-electron chi connectivity index (χ1n) is 9.54. The molecule has 3 aromatic heterocycles. The van der Waals surface area contributed by atoms with Gasteiger partial charge in [-0.25, -0.2) is 13.8 Å². The van der Waals surface area contributed by atoms with Gasteiger partial charge >= 0.3 is 0 Å². The Morgan fingerprint density at radius 3 is 2.73 bits per heavy atom. The van der Waals surface area contributed by atoms with E-state index in [2.05, 4.69) is 21.1 Å². The summed E-state index contributed by atoms with van der Waals surface area (Å²) >= 11 is 0. The maximum absolute atomic E-state index is 14.1. The Hall–Kier alpha value is -3.66. The van der Waals surface area contributed by atoms with E-state index < -0.39 is 18.4 Å². The highest BCUT2D eigenvalue weighted by Gasteiger charge is 2.34. The molecule has 0 aliphatic rings. The quantitative estimate of drug-likeness (QED) is 0.452. The van der Waals surface area contributed by atoms with Gasteiger partial charge in [0.1, 0.15) is 18.3 Å². The number of rotatable bonds is 5. The highest BCUT2D eigenvalue weighted by molar-refractivity contribution is 5.87. The van der Waals surface area contributed by atoms with Crippen LogP contribution < -0.4 is 0 Å². The number of alkyl halides is 2. The summed E-state index contributed by atoms with van der Waals surface area (Å²) in [6.45, 7) is 2.48. The van der Waals surface area contributed by atoms with Crippen LogP contribution in [-0.4, -0.2) is 25.7 Å². The van der Waals surface area contributed by atoms with Crippen molar-refractivity contribution in [1.82, 2.24) is 19.7 Å². The maximum atomic E-state index is 14.1. The molecule has 0 saturated carbocycles.